The van der Waals surface area contributed by atoms with Gasteiger partial charge >= 0.3 is 5.97 Å². The van der Waals surface area contributed by atoms with Crippen LogP contribution in [0.25, 0.3) is 16.3 Å². The number of aryl methyl sites for hydroxylation is 1. The number of rotatable bonds is 7. The van der Waals surface area contributed by atoms with E-state index < -0.39 is 11.8 Å². The minimum atomic E-state index is -1.12. The first-order chi connectivity index (χ1) is 16.2. The topological polar surface area (TPSA) is 71.2 Å². The molecule has 6 nitrogen and oxygen atoms in total. The highest BCUT2D eigenvalue weighted by Crippen LogP contribution is 2.42. The third-order valence-electron chi connectivity index (χ3n) is 6.25. The van der Waals surface area contributed by atoms with Gasteiger partial charge in [0.25, 0.3) is 0 Å². The molecule has 34 heavy (non-hydrogen) atoms. The maximum Gasteiger partial charge on any atom is 0.355 e. The zero-order chi connectivity index (χ0) is 24.6. The molecule has 0 spiro atoms. The van der Waals surface area contributed by atoms with Crippen LogP contribution < -0.4 is 4.90 Å². The Morgan fingerprint density at radius 1 is 1.24 bits per heavy atom. The lowest BCUT2D eigenvalue weighted by molar-refractivity contribution is 0.0688. The average Bonchev–Trinajstić information content (AvgIpc) is 3.34. The van der Waals surface area contributed by atoms with Gasteiger partial charge in [0.2, 0.25) is 5.13 Å². The number of aromatic nitrogens is 3. The minimum absolute atomic E-state index is 0.00279. The summed E-state index contributed by atoms with van der Waals surface area (Å²) < 4.78 is 16.4. The van der Waals surface area contributed by atoms with Crippen LogP contribution in [0.4, 0.5) is 10.2 Å². The second kappa shape index (κ2) is 10.1. The summed E-state index contributed by atoms with van der Waals surface area (Å²) in [4.78, 5) is 19.6. The molecule has 3 aromatic rings. The Hall–Kier alpha value is -2.39. The summed E-state index contributed by atoms with van der Waals surface area (Å²) >= 11 is 3.21. The van der Waals surface area contributed by atoms with Crippen LogP contribution in [0.3, 0.4) is 0 Å². The maximum absolute atomic E-state index is 13.9. The van der Waals surface area contributed by atoms with Crippen LogP contribution in [-0.4, -0.2) is 44.2 Å². The Morgan fingerprint density at radius 2 is 1.94 bits per heavy atom. The largest absolute Gasteiger partial charge is 0.476 e. The number of piperidine rings is 1. The van der Waals surface area contributed by atoms with Gasteiger partial charge in [-0.2, -0.15) is 14.8 Å². The highest BCUT2D eigenvalue weighted by Gasteiger charge is 2.29. The molecule has 3 heterocycles. The van der Waals surface area contributed by atoms with Crippen LogP contribution in [0, 0.1) is 24.6 Å². The molecule has 1 aliphatic heterocycles. The van der Waals surface area contributed by atoms with Crippen molar-refractivity contribution in [2.75, 3.05) is 18.0 Å². The molecule has 4 rings (SSSR count). The Kier molecular flexibility index (Phi) is 7.33. The van der Waals surface area contributed by atoms with Crippen molar-refractivity contribution in [2.45, 2.75) is 56.9 Å². The highest BCUT2D eigenvalue weighted by molar-refractivity contribution is 8.01. The van der Waals surface area contributed by atoms with E-state index in [1.807, 2.05) is 0 Å². The first-order valence-corrected chi connectivity index (χ1v) is 13.4. The van der Waals surface area contributed by atoms with Crippen molar-refractivity contribution in [1.29, 1.82) is 0 Å². The number of carbonyl (C=O) groups is 1. The smallest absolute Gasteiger partial charge is 0.355 e. The van der Waals surface area contributed by atoms with Crippen LogP contribution in [0.5, 0.6) is 0 Å². The van der Waals surface area contributed by atoms with Crippen LogP contribution in [0.2, 0.25) is 0 Å². The Labute approximate surface area is 208 Å². The van der Waals surface area contributed by atoms with Crippen LogP contribution >= 0.6 is 23.1 Å². The van der Waals surface area contributed by atoms with Crippen LogP contribution in [0.1, 0.15) is 56.7 Å². The zero-order valence-corrected chi connectivity index (χ0v) is 21.8. The average molecular weight is 503 g/mol. The van der Waals surface area contributed by atoms with Gasteiger partial charge in [0.05, 0.1) is 5.69 Å². The first kappa shape index (κ1) is 24.7. The van der Waals surface area contributed by atoms with E-state index in [0.29, 0.717) is 33.1 Å². The summed E-state index contributed by atoms with van der Waals surface area (Å²) in [5, 5.41) is 15.5. The number of benzene rings is 1. The van der Waals surface area contributed by atoms with Crippen molar-refractivity contribution in [3.63, 3.8) is 0 Å². The second-order valence-corrected chi connectivity index (χ2v) is 12.2. The number of halogens is 1. The SMILES string of the molecule is Cc1nn(-c2nc(N3CCC(C(C)C)CC3)c(SC(C)C)s2)c(C(=O)O)c1-c1cccc(F)c1. The molecular weight excluding hydrogens is 471 g/mol. The first-order valence-electron chi connectivity index (χ1n) is 11.7. The molecule has 0 unspecified atom stereocenters. The summed E-state index contributed by atoms with van der Waals surface area (Å²) in [5.74, 6) is 0.768. The lowest BCUT2D eigenvalue weighted by atomic mass is 9.87. The van der Waals surface area contributed by atoms with Crippen molar-refractivity contribution in [2.24, 2.45) is 11.8 Å². The minimum Gasteiger partial charge on any atom is -0.476 e. The molecule has 1 saturated heterocycles. The number of anilines is 1. The van der Waals surface area contributed by atoms with Gasteiger partial charge in [-0.3, -0.25) is 0 Å². The van der Waals surface area contributed by atoms with E-state index in [1.54, 1.807) is 30.8 Å². The number of thioether (sulfide) groups is 1. The van der Waals surface area contributed by atoms with Gasteiger partial charge in [-0.15, -0.1) is 11.8 Å². The third-order valence-corrected chi connectivity index (χ3v) is 8.47. The molecule has 0 atom stereocenters. The molecule has 1 aliphatic rings. The maximum atomic E-state index is 13.9. The summed E-state index contributed by atoms with van der Waals surface area (Å²) in [7, 11) is 0. The van der Waals surface area contributed by atoms with Crippen molar-refractivity contribution in [3.8, 4) is 16.3 Å². The van der Waals surface area contributed by atoms with E-state index in [1.165, 1.54) is 28.2 Å². The van der Waals surface area contributed by atoms with Gasteiger partial charge in [-0.25, -0.2) is 9.18 Å². The lowest BCUT2D eigenvalue weighted by Gasteiger charge is -2.34. The third kappa shape index (κ3) is 5.00. The molecule has 1 fully saturated rings. The summed E-state index contributed by atoms with van der Waals surface area (Å²) in [6, 6.07) is 5.96. The van der Waals surface area contributed by atoms with E-state index in [-0.39, 0.29) is 5.69 Å². The van der Waals surface area contributed by atoms with Crippen molar-refractivity contribution in [1.82, 2.24) is 14.8 Å². The molecule has 182 valence electrons. The Morgan fingerprint density at radius 3 is 2.53 bits per heavy atom. The van der Waals surface area contributed by atoms with E-state index in [0.717, 1.165) is 41.9 Å². The number of nitrogens with zero attached hydrogens (tertiary/aromatic N) is 4. The molecule has 0 amide bonds. The fourth-order valence-corrected chi connectivity index (χ4v) is 6.98. The molecule has 0 bridgehead atoms. The number of hydrogen-bond donors (Lipinski definition) is 1. The number of aromatic carboxylic acids is 1. The van der Waals surface area contributed by atoms with Gasteiger partial charge in [0, 0.05) is 23.9 Å². The number of hydrogen-bond acceptors (Lipinski definition) is 6. The summed E-state index contributed by atoms with van der Waals surface area (Å²) in [6.07, 6.45) is 2.25. The second-order valence-electron chi connectivity index (χ2n) is 9.38. The van der Waals surface area contributed by atoms with E-state index in [4.69, 9.17) is 4.98 Å². The summed E-state index contributed by atoms with van der Waals surface area (Å²) in [5.41, 5.74) is 1.43. The van der Waals surface area contributed by atoms with Crippen LogP contribution in [-0.2, 0) is 0 Å². The fraction of sp³-hybridized carbons (Fsp3) is 0.480. The van der Waals surface area contributed by atoms with Crippen molar-refractivity contribution in [3.05, 3.63) is 41.5 Å². The molecule has 9 heteroatoms. The van der Waals surface area contributed by atoms with Gasteiger partial charge in [0.15, 0.2) is 11.5 Å². The van der Waals surface area contributed by atoms with Gasteiger partial charge < -0.3 is 10.0 Å². The Balaban J connectivity index is 1.78. The van der Waals surface area contributed by atoms with Crippen molar-refractivity contribution < 1.29 is 14.3 Å². The fourth-order valence-electron chi connectivity index (χ4n) is 4.50. The Bertz CT molecular complexity index is 1180. The predicted octanol–water partition coefficient (Wildman–Crippen LogP) is 6.51. The van der Waals surface area contributed by atoms with Gasteiger partial charge in [0.1, 0.15) is 10.0 Å². The van der Waals surface area contributed by atoms with E-state index in [2.05, 4.69) is 37.7 Å². The highest BCUT2D eigenvalue weighted by atomic mass is 32.2. The molecule has 2 aromatic heterocycles. The normalized spacial score (nSPS) is 15.0. The molecule has 1 N–H and O–H groups in total. The van der Waals surface area contributed by atoms with Gasteiger partial charge in [-0.05, 0) is 49.3 Å². The molecular formula is C25H31FN4O2S2. The zero-order valence-electron chi connectivity index (χ0n) is 20.2. The molecule has 0 radical (unpaired) electrons. The van der Waals surface area contributed by atoms with Gasteiger partial charge in [-0.1, -0.05) is 51.2 Å². The summed E-state index contributed by atoms with van der Waals surface area (Å²) in [6.45, 7) is 12.5. The molecule has 0 aliphatic carbocycles. The van der Waals surface area contributed by atoms with E-state index in [9.17, 15) is 14.3 Å². The van der Waals surface area contributed by atoms with Crippen LogP contribution in [0.15, 0.2) is 28.5 Å². The standard InChI is InChI=1S/C25H31FN4O2S2/c1-14(2)17-9-11-29(12-10-17)22-24(33-15(3)4)34-25(27-22)30-21(23(31)32)20(16(5)28-30)18-7-6-8-19(26)13-18/h6-8,13-15,17H,9-12H2,1-5H3,(H,31,32). The number of thiazole rings is 1. The quantitative estimate of drug-likeness (QED) is 0.371. The lowest BCUT2D eigenvalue weighted by Crippen LogP contribution is -2.35. The number of carboxylic acids is 1. The van der Waals surface area contributed by atoms with Crippen molar-refractivity contribution >= 4 is 34.9 Å². The van der Waals surface area contributed by atoms with E-state index >= 15 is 0 Å². The molecule has 0 saturated carbocycles. The molecule has 1 aromatic carbocycles. The monoisotopic (exact) mass is 502 g/mol. The number of carboxylic acid groups (broad SMARTS) is 1. The predicted molar refractivity (Wildman–Crippen MR) is 137 cm³/mol.